The van der Waals surface area contributed by atoms with Crippen LogP contribution in [0.25, 0.3) is 6.08 Å². The maximum Gasteiger partial charge on any atom is 0.231 e. The Balaban J connectivity index is 1.53. The first-order valence-corrected chi connectivity index (χ1v) is 9.16. The molecule has 3 nitrogen and oxygen atoms in total. The predicted molar refractivity (Wildman–Crippen MR) is 107 cm³/mol. The monoisotopic (exact) mass is 414 g/mol. The van der Waals surface area contributed by atoms with E-state index < -0.39 is 5.82 Å². The lowest BCUT2D eigenvalue weighted by molar-refractivity contribution is 0.101. The van der Waals surface area contributed by atoms with Crippen molar-refractivity contribution in [2.45, 2.75) is 6.61 Å². The van der Waals surface area contributed by atoms with Gasteiger partial charge < -0.3 is 9.47 Å². The molecule has 28 heavy (non-hydrogen) atoms. The van der Waals surface area contributed by atoms with Crippen molar-refractivity contribution in [3.63, 3.8) is 0 Å². The molecule has 1 heterocycles. The Morgan fingerprint density at radius 1 is 1.04 bits per heavy atom. The van der Waals surface area contributed by atoms with Gasteiger partial charge in [-0.3, -0.25) is 4.79 Å². The summed E-state index contributed by atoms with van der Waals surface area (Å²) in [4.78, 5) is 12.5. The Bertz CT molecular complexity index is 1110. The van der Waals surface area contributed by atoms with Crippen molar-refractivity contribution >= 4 is 35.1 Å². The molecule has 4 rings (SSSR count). The van der Waals surface area contributed by atoms with E-state index in [9.17, 15) is 9.18 Å². The normalized spacial score (nSPS) is 14.1. The molecule has 0 atom stereocenters. The SMILES string of the molecule is O=C1/C(=C/c2ccccc2F)Oc2cc(OCc3ccc(Cl)cc3Cl)ccc21. The van der Waals surface area contributed by atoms with Crippen LogP contribution >= 0.6 is 23.2 Å². The van der Waals surface area contributed by atoms with E-state index in [2.05, 4.69) is 0 Å². The number of carbonyl (C=O) groups is 1. The van der Waals surface area contributed by atoms with E-state index >= 15 is 0 Å². The zero-order chi connectivity index (χ0) is 19.7. The third-order valence-electron chi connectivity index (χ3n) is 4.24. The van der Waals surface area contributed by atoms with Crippen molar-refractivity contribution in [1.29, 1.82) is 0 Å². The van der Waals surface area contributed by atoms with Gasteiger partial charge >= 0.3 is 0 Å². The van der Waals surface area contributed by atoms with Gasteiger partial charge in [0.15, 0.2) is 5.76 Å². The van der Waals surface area contributed by atoms with Crippen LogP contribution in [0, 0.1) is 5.82 Å². The number of benzene rings is 3. The minimum atomic E-state index is -0.425. The highest BCUT2D eigenvalue weighted by Gasteiger charge is 2.28. The quantitative estimate of drug-likeness (QED) is 0.468. The molecular formula is C22H13Cl2FO3. The highest BCUT2D eigenvalue weighted by molar-refractivity contribution is 6.35. The van der Waals surface area contributed by atoms with Gasteiger partial charge in [0.2, 0.25) is 5.78 Å². The minimum Gasteiger partial charge on any atom is -0.489 e. The summed E-state index contributed by atoms with van der Waals surface area (Å²) >= 11 is 12.0. The van der Waals surface area contributed by atoms with Crippen LogP contribution in [0.5, 0.6) is 11.5 Å². The van der Waals surface area contributed by atoms with Gasteiger partial charge in [0.05, 0.1) is 5.56 Å². The Kier molecular flexibility index (Phi) is 5.07. The van der Waals surface area contributed by atoms with Crippen molar-refractivity contribution < 1.29 is 18.7 Å². The third-order valence-corrected chi connectivity index (χ3v) is 4.83. The fourth-order valence-corrected chi connectivity index (χ4v) is 3.25. The van der Waals surface area contributed by atoms with Crippen molar-refractivity contribution in [3.05, 3.63) is 99.0 Å². The zero-order valence-electron chi connectivity index (χ0n) is 14.4. The molecule has 0 fully saturated rings. The summed E-state index contributed by atoms with van der Waals surface area (Å²) in [5, 5.41) is 1.06. The Labute approximate surface area is 170 Å². The number of halogens is 3. The number of fused-ring (bicyclic) bond motifs is 1. The molecule has 0 radical (unpaired) electrons. The summed E-state index contributed by atoms with van der Waals surface area (Å²) in [5.41, 5.74) is 1.47. The van der Waals surface area contributed by atoms with Crippen molar-refractivity contribution in [3.8, 4) is 11.5 Å². The third kappa shape index (κ3) is 3.75. The summed E-state index contributed by atoms with van der Waals surface area (Å²) < 4.78 is 25.2. The van der Waals surface area contributed by atoms with Crippen LogP contribution in [0.1, 0.15) is 21.5 Å². The fourth-order valence-electron chi connectivity index (χ4n) is 2.79. The Hall–Kier alpha value is -2.82. The Morgan fingerprint density at radius 2 is 1.86 bits per heavy atom. The average Bonchev–Trinajstić information content (AvgIpc) is 2.98. The molecule has 0 bridgehead atoms. The van der Waals surface area contributed by atoms with E-state index in [-0.39, 0.29) is 23.7 Å². The van der Waals surface area contributed by atoms with E-state index in [4.69, 9.17) is 32.7 Å². The van der Waals surface area contributed by atoms with Crippen LogP contribution in [0.15, 0.2) is 66.4 Å². The molecule has 0 spiro atoms. The Morgan fingerprint density at radius 3 is 2.64 bits per heavy atom. The number of ketones is 1. The molecule has 3 aromatic carbocycles. The largest absolute Gasteiger partial charge is 0.489 e. The molecule has 3 aromatic rings. The van der Waals surface area contributed by atoms with Gasteiger partial charge in [-0.05, 0) is 36.4 Å². The second kappa shape index (κ2) is 7.66. The number of carbonyl (C=O) groups excluding carboxylic acids is 1. The molecule has 0 aliphatic carbocycles. The van der Waals surface area contributed by atoms with E-state index in [1.165, 1.54) is 12.1 Å². The first-order valence-electron chi connectivity index (χ1n) is 8.41. The van der Waals surface area contributed by atoms with Gasteiger partial charge in [-0.25, -0.2) is 4.39 Å². The smallest absolute Gasteiger partial charge is 0.231 e. The maximum atomic E-state index is 13.8. The maximum absolute atomic E-state index is 13.8. The van der Waals surface area contributed by atoms with E-state index in [1.54, 1.807) is 54.6 Å². The van der Waals surface area contributed by atoms with E-state index in [1.807, 2.05) is 0 Å². The molecule has 140 valence electrons. The number of hydrogen-bond acceptors (Lipinski definition) is 3. The minimum absolute atomic E-state index is 0.0676. The molecule has 0 amide bonds. The van der Waals surface area contributed by atoms with Crippen molar-refractivity contribution in [1.82, 2.24) is 0 Å². The summed E-state index contributed by atoms with van der Waals surface area (Å²) in [7, 11) is 0. The lowest BCUT2D eigenvalue weighted by atomic mass is 10.1. The first kappa shape index (κ1) is 18.5. The van der Waals surface area contributed by atoms with Crippen LogP contribution in [-0.2, 0) is 6.61 Å². The van der Waals surface area contributed by atoms with Gasteiger partial charge in [-0.1, -0.05) is 47.5 Å². The molecule has 6 heteroatoms. The first-order chi connectivity index (χ1) is 13.5. The summed E-state index contributed by atoms with van der Waals surface area (Å²) in [6.07, 6.45) is 1.39. The molecule has 0 N–H and O–H groups in total. The predicted octanol–water partition coefficient (Wildman–Crippen LogP) is 6.33. The summed E-state index contributed by atoms with van der Waals surface area (Å²) in [5.74, 6) is 0.228. The number of rotatable bonds is 4. The van der Waals surface area contributed by atoms with Gasteiger partial charge in [0.1, 0.15) is 23.9 Å². The lowest BCUT2D eigenvalue weighted by Crippen LogP contribution is -1.98. The number of ether oxygens (including phenoxy) is 2. The van der Waals surface area contributed by atoms with Crippen LogP contribution in [-0.4, -0.2) is 5.78 Å². The van der Waals surface area contributed by atoms with Crippen LogP contribution in [0.4, 0.5) is 4.39 Å². The van der Waals surface area contributed by atoms with E-state index in [0.717, 1.165) is 5.56 Å². The average molecular weight is 415 g/mol. The molecule has 0 unspecified atom stereocenters. The second-order valence-electron chi connectivity index (χ2n) is 6.14. The molecule has 0 saturated heterocycles. The molecule has 0 saturated carbocycles. The topological polar surface area (TPSA) is 35.5 Å². The van der Waals surface area contributed by atoms with Gasteiger partial charge in [0, 0.05) is 27.2 Å². The van der Waals surface area contributed by atoms with E-state index in [0.29, 0.717) is 27.1 Å². The molecule has 0 aromatic heterocycles. The fraction of sp³-hybridized carbons (Fsp3) is 0.0455. The number of hydrogen-bond donors (Lipinski definition) is 0. The zero-order valence-corrected chi connectivity index (χ0v) is 15.9. The molecular weight excluding hydrogens is 402 g/mol. The van der Waals surface area contributed by atoms with Gasteiger partial charge in [-0.15, -0.1) is 0 Å². The van der Waals surface area contributed by atoms with Crippen LogP contribution in [0.2, 0.25) is 10.0 Å². The van der Waals surface area contributed by atoms with Crippen LogP contribution in [0.3, 0.4) is 0 Å². The number of allylic oxidation sites excluding steroid dienone is 1. The van der Waals surface area contributed by atoms with Crippen molar-refractivity contribution in [2.75, 3.05) is 0 Å². The molecule has 1 aliphatic rings. The lowest BCUT2D eigenvalue weighted by Gasteiger charge is -2.09. The van der Waals surface area contributed by atoms with Crippen LogP contribution < -0.4 is 9.47 Å². The van der Waals surface area contributed by atoms with Gasteiger partial charge in [0.25, 0.3) is 0 Å². The van der Waals surface area contributed by atoms with Crippen molar-refractivity contribution in [2.24, 2.45) is 0 Å². The summed E-state index contributed by atoms with van der Waals surface area (Å²) in [6, 6.07) is 16.3. The highest BCUT2D eigenvalue weighted by Crippen LogP contribution is 2.35. The van der Waals surface area contributed by atoms with Gasteiger partial charge in [-0.2, -0.15) is 0 Å². The highest BCUT2D eigenvalue weighted by atomic mass is 35.5. The number of Topliss-reactive ketones (excluding diaryl/α,β-unsaturated/α-hetero) is 1. The standard InChI is InChI=1S/C22H13Cl2FO3/c23-15-6-5-14(18(24)10-15)12-27-16-7-8-17-20(11-16)28-21(22(17)26)9-13-3-1-2-4-19(13)25/h1-11H,12H2/b21-9-. The second-order valence-corrected chi connectivity index (χ2v) is 6.99. The molecule has 1 aliphatic heterocycles. The summed E-state index contributed by atoms with van der Waals surface area (Å²) in [6.45, 7) is 0.237.